The lowest BCUT2D eigenvalue weighted by molar-refractivity contribution is 0.0487. The van der Waals surface area contributed by atoms with Crippen molar-refractivity contribution in [3.8, 4) is 11.5 Å². The van der Waals surface area contributed by atoms with Crippen molar-refractivity contribution in [2.45, 2.75) is 52.1 Å². The summed E-state index contributed by atoms with van der Waals surface area (Å²) >= 11 is 0. The minimum absolute atomic E-state index is 0.0288. The van der Waals surface area contributed by atoms with Gasteiger partial charge in [0.15, 0.2) is 11.5 Å². The van der Waals surface area contributed by atoms with E-state index in [0.717, 1.165) is 55.5 Å². The van der Waals surface area contributed by atoms with E-state index in [0.29, 0.717) is 11.3 Å². The molecule has 33 heavy (non-hydrogen) atoms. The van der Waals surface area contributed by atoms with Gasteiger partial charge in [-0.15, -0.1) is 0 Å². The summed E-state index contributed by atoms with van der Waals surface area (Å²) in [5.41, 5.74) is 3.62. The molecule has 0 atom stereocenters. The average Bonchev–Trinajstić information content (AvgIpc) is 3.12. The molecule has 2 N–H and O–H groups in total. The fourth-order valence-corrected chi connectivity index (χ4v) is 5.09. The van der Waals surface area contributed by atoms with Gasteiger partial charge in [-0.3, -0.25) is 4.79 Å². The lowest BCUT2D eigenvalue weighted by Gasteiger charge is -2.40. The Morgan fingerprint density at radius 3 is 2.55 bits per heavy atom. The molecule has 4 rings (SSSR count). The quantitative estimate of drug-likeness (QED) is 0.546. The first-order chi connectivity index (χ1) is 15.9. The van der Waals surface area contributed by atoms with Crippen LogP contribution in [-0.2, 0) is 6.42 Å². The summed E-state index contributed by atoms with van der Waals surface area (Å²) in [7, 11) is 1.52. The molecule has 0 spiro atoms. The number of fused-ring (bicyclic) bond motifs is 1. The number of carbonyl (C=O) groups is 1. The zero-order valence-corrected chi connectivity index (χ0v) is 20.1. The van der Waals surface area contributed by atoms with Crippen LogP contribution in [0.3, 0.4) is 0 Å². The number of piperidine rings is 1. The number of carbonyl (C=O) groups excluding carboxylic acids is 1. The van der Waals surface area contributed by atoms with Crippen molar-refractivity contribution in [1.29, 1.82) is 0 Å². The zero-order chi connectivity index (χ0) is 23.5. The van der Waals surface area contributed by atoms with E-state index >= 15 is 0 Å². The number of hydrogen-bond donors (Lipinski definition) is 2. The Kier molecular flexibility index (Phi) is 6.94. The number of nitrogens with zero attached hydrogens (tertiary/aromatic N) is 2. The smallest absolute Gasteiger partial charge is 0.256 e. The largest absolute Gasteiger partial charge is 0.504 e. The molecule has 176 valence electrons. The van der Waals surface area contributed by atoms with Crippen molar-refractivity contribution < 1.29 is 14.6 Å². The van der Waals surface area contributed by atoms with Crippen LogP contribution in [0.25, 0.3) is 10.9 Å². The molecule has 1 aromatic heterocycles. The molecule has 0 radical (unpaired) electrons. The number of aromatic hydroxyl groups is 1. The van der Waals surface area contributed by atoms with Gasteiger partial charge in [0.05, 0.1) is 18.2 Å². The van der Waals surface area contributed by atoms with Gasteiger partial charge in [0, 0.05) is 48.9 Å². The molecule has 6 heteroatoms. The number of nitrogens with one attached hydrogen (secondary N) is 1. The second-order valence-electron chi connectivity index (χ2n) is 9.31. The molecule has 6 nitrogen and oxygen atoms in total. The van der Waals surface area contributed by atoms with Crippen molar-refractivity contribution in [3.63, 3.8) is 0 Å². The van der Waals surface area contributed by atoms with Crippen LogP contribution < -0.4 is 4.74 Å². The number of benzene rings is 2. The standard InChI is InChI=1S/C27H35N3O3/c1-18(2)30(21-11-14-29(15-12-21)13-10-20-8-6-5-7-9-20)27(32)26-19(3)28-23-17-25(33-4)24(31)16-22(23)26/h5-9,16-18,21,28,31H,10-15H2,1-4H3. The molecule has 2 heterocycles. The Morgan fingerprint density at radius 1 is 1.21 bits per heavy atom. The van der Waals surface area contributed by atoms with Gasteiger partial charge in [0.1, 0.15) is 0 Å². The fraction of sp³-hybridized carbons (Fsp3) is 0.444. The van der Waals surface area contributed by atoms with Crippen LogP contribution in [0.15, 0.2) is 42.5 Å². The number of methoxy groups -OCH3 is 1. The lowest BCUT2D eigenvalue weighted by Crippen LogP contribution is -2.50. The molecular formula is C27H35N3O3. The van der Waals surface area contributed by atoms with Crippen LogP contribution >= 0.6 is 0 Å². The van der Waals surface area contributed by atoms with Crippen molar-refractivity contribution in [2.24, 2.45) is 0 Å². The number of phenolic OH excluding ortho intramolecular Hbond substituents is 1. The molecule has 1 aliphatic heterocycles. The summed E-state index contributed by atoms with van der Waals surface area (Å²) in [5, 5.41) is 11.1. The van der Waals surface area contributed by atoms with Crippen molar-refractivity contribution in [1.82, 2.24) is 14.8 Å². The van der Waals surface area contributed by atoms with E-state index in [1.165, 1.54) is 12.7 Å². The minimum atomic E-state index is 0.0288. The monoisotopic (exact) mass is 449 g/mol. The highest BCUT2D eigenvalue weighted by Gasteiger charge is 2.32. The highest BCUT2D eigenvalue weighted by atomic mass is 16.5. The van der Waals surface area contributed by atoms with Crippen LogP contribution in [0, 0.1) is 6.92 Å². The summed E-state index contributed by atoms with van der Waals surface area (Å²) in [5.74, 6) is 0.466. The maximum Gasteiger partial charge on any atom is 0.256 e. The van der Waals surface area contributed by atoms with Gasteiger partial charge in [-0.25, -0.2) is 0 Å². The summed E-state index contributed by atoms with van der Waals surface area (Å²) in [6, 6.07) is 14.3. The first-order valence-electron chi connectivity index (χ1n) is 11.9. The maximum atomic E-state index is 13.8. The maximum absolute atomic E-state index is 13.8. The van der Waals surface area contributed by atoms with Crippen molar-refractivity contribution >= 4 is 16.8 Å². The van der Waals surface area contributed by atoms with Crippen LogP contribution in [0.1, 0.15) is 48.3 Å². The molecule has 1 saturated heterocycles. The summed E-state index contributed by atoms with van der Waals surface area (Å²) < 4.78 is 5.23. The number of amides is 1. The third-order valence-corrected chi connectivity index (χ3v) is 6.80. The predicted octanol–water partition coefficient (Wildman–Crippen LogP) is 4.75. The van der Waals surface area contributed by atoms with Gasteiger partial charge >= 0.3 is 0 Å². The minimum Gasteiger partial charge on any atom is -0.504 e. The molecule has 1 aliphatic rings. The second kappa shape index (κ2) is 9.87. The highest BCUT2D eigenvalue weighted by molar-refractivity contribution is 6.09. The van der Waals surface area contributed by atoms with Gasteiger partial charge < -0.3 is 24.6 Å². The van der Waals surface area contributed by atoms with E-state index < -0.39 is 0 Å². The zero-order valence-electron chi connectivity index (χ0n) is 20.1. The van der Waals surface area contributed by atoms with Crippen LogP contribution in [0.4, 0.5) is 0 Å². The Bertz CT molecular complexity index is 1100. The van der Waals surface area contributed by atoms with E-state index in [-0.39, 0.29) is 23.7 Å². The Morgan fingerprint density at radius 2 is 1.91 bits per heavy atom. The van der Waals surface area contributed by atoms with E-state index in [1.54, 1.807) is 12.1 Å². The van der Waals surface area contributed by atoms with Gasteiger partial charge in [0.25, 0.3) is 5.91 Å². The first kappa shape index (κ1) is 23.2. The van der Waals surface area contributed by atoms with Gasteiger partial charge in [0.2, 0.25) is 0 Å². The summed E-state index contributed by atoms with van der Waals surface area (Å²) in [6.07, 6.45) is 3.00. The molecule has 0 unspecified atom stereocenters. The molecule has 0 bridgehead atoms. The molecular weight excluding hydrogens is 414 g/mol. The normalized spacial score (nSPS) is 15.3. The van der Waals surface area contributed by atoms with Gasteiger partial charge in [-0.2, -0.15) is 0 Å². The SMILES string of the molecule is COc1cc2[nH]c(C)c(C(=O)N(C(C)C)C3CCN(CCc4ccccc4)CC3)c2cc1O. The third kappa shape index (κ3) is 4.86. The molecule has 1 fully saturated rings. The van der Waals surface area contributed by atoms with Crippen LogP contribution in [0.5, 0.6) is 11.5 Å². The summed E-state index contributed by atoms with van der Waals surface area (Å²) in [6.45, 7) is 9.14. The van der Waals surface area contributed by atoms with Crippen LogP contribution in [-0.4, -0.2) is 64.6 Å². The van der Waals surface area contributed by atoms with E-state index in [1.807, 2.05) is 11.8 Å². The van der Waals surface area contributed by atoms with E-state index in [9.17, 15) is 9.90 Å². The number of rotatable bonds is 7. The number of phenols is 1. The number of aromatic amines is 1. The predicted molar refractivity (Wildman–Crippen MR) is 132 cm³/mol. The Hall–Kier alpha value is -2.99. The molecule has 0 aliphatic carbocycles. The molecule has 3 aromatic rings. The number of ether oxygens (including phenoxy) is 1. The second-order valence-corrected chi connectivity index (χ2v) is 9.31. The average molecular weight is 450 g/mol. The van der Waals surface area contributed by atoms with Crippen molar-refractivity contribution in [2.75, 3.05) is 26.7 Å². The lowest BCUT2D eigenvalue weighted by atomic mass is 9.99. The van der Waals surface area contributed by atoms with Gasteiger partial charge in [-0.1, -0.05) is 30.3 Å². The molecule has 0 saturated carbocycles. The van der Waals surface area contributed by atoms with E-state index in [2.05, 4.69) is 54.1 Å². The molecule has 2 aromatic carbocycles. The Labute approximate surface area is 196 Å². The number of aromatic nitrogens is 1. The highest BCUT2D eigenvalue weighted by Crippen LogP contribution is 2.35. The molecule has 1 amide bonds. The number of aryl methyl sites for hydroxylation is 1. The third-order valence-electron chi connectivity index (χ3n) is 6.80. The topological polar surface area (TPSA) is 68.8 Å². The fourth-order valence-electron chi connectivity index (χ4n) is 5.09. The number of hydrogen-bond acceptors (Lipinski definition) is 4. The number of likely N-dealkylation sites (tertiary alicyclic amines) is 1. The van der Waals surface area contributed by atoms with E-state index in [4.69, 9.17) is 4.74 Å². The summed E-state index contributed by atoms with van der Waals surface area (Å²) in [4.78, 5) is 21.7. The van der Waals surface area contributed by atoms with Gasteiger partial charge in [-0.05, 0) is 51.7 Å². The first-order valence-corrected chi connectivity index (χ1v) is 11.9. The Balaban J connectivity index is 1.48. The van der Waals surface area contributed by atoms with Crippen molar-refractivity contribution in [3.05, 3.63) is 59.3 Å². The number of H-pyrrole nitrogens is 1. The van der Waals surface area contributed by atoms with Crippen LogP contribution in [0.2, 0.25) is 0 Å².